The lowest BCUT2D eigenvalue weighted by Gasteiger charge is -2.11. The fourth-order valence-electron chi connectivity index (χ4n) is 1.08. The molecule has 14 heavy (non-hydrogen) atoms. The van der Waals surface area contributed by atoms with Crippen LogP contribution in [0, 0.1) is 12.3 Å². The van der Waals surface area contributed by atoms with Crippen molar-refractivity contribution in [2.75, 3.05) is 11.1 Å². The van der Waals surface area contributed by atoms with Crippen LogP contribution in [0.3, 0.4) is 0 Å². The molecule has 0 fully saturated rings. The molecule has 3 N–H and O–H groups in total. The predicted octanol–water partition coefficient (Wildman–Crippen LogP) is 1.27. The molecule has 1 heterocycles. The summed E-state index contributed by atoms with van der Waals surface area (Å²) in [6, 6.07) is 0.0120. The van der Waals surface area contributed by atoms with E-state index in [9.17, 15) is 0 Å². The zero-order chi connectivity index (χ0) is 10.4. The summed E-state index contributed by atoms with van der Waals surface area (Å²) in [5.74, 6) is 3.72. The molecule has 0 radical (unpaired) electrons. The number of hydrogen-bond donors (Lipinski definition) is 2. The number of aromatic nitrogens is 2. The largest absolute Gasteiger partial charge is 0.382 e. The molecule has 0 bridgehead atoms. The van der Waals surface area contributed by atoms with E-state index in [4.69, 9.17) is 12.2 Å². The molecule has 74 valence electrons. The van der Waals surface area contributed by atoms with Gasteiger partial charge in [-0.25, -0.2) is 9.97 Å². The van der Waals surface area contributed by atoms with Gasteiger partial charge in [-0.2, -0.15) is 0 Å². The summed E-state index contributed by atoms with van der Waals surface area (Å²) in [4.78, 5) is 7.96. The normalized spacial score (nSPS) is 11.7. The first-order chi connectivity index (χ1) is 6.76. The molecule has 0 amide bonds. The van der Waals surface area contributed by atoms with Gasteiger partial charge in [0.15, 0.2) is 0 Å². The van der Waals surface area contributed by atoms with E-state index >= 15 is 0 Å². The Kier molecular flexibility index (Phi) is 3.74. The van der Waals surface area contributed by atoms with E-state index in [1.54, 1.807) is 6.20 Å². The quantitative estimate of drug-likeness (QED) is 0.702. The van der Waals surface area contributed by atoms with Crippen LogP contribution in [-0.4, -0.2) is 16.0 Å². The lowest BCUT2D eigenvalue weighted by molar-refractivity contribution is 0.752. The molecule has 1 aromatic rings. The fraction of sp³-hybridized carbons (Fsp3) is 0.400. The molecular weight excluding hydrogens is 176 g/mol. The van der Waals surface area contributed by atoms with Crippen LogP contribution >= 0.6 is 0 Å². The molecule has 1 unspecified atom stereocenters. The molecule has 1 aromatic heterocycles. The Morgan fingerprint density at radius 2 is 2.36 bits per heavy atom. The Morgan fingerprint density at radius 1 is 1.57 bits per heavy atom. The molecule has 0 aliphatic rings. The Bertz CT molecular complexity index is 312. The number of anilines is 2. The summed E-state index contributed by atoms with van der Waals surface area (Å²) in [5.41, 5.74) is 5.41. The van der Waals surface area contributed by atoms with Crippen molar-refractivity contribution >= 4 is 11.6 Å². The van der Waals surface area contributed by atoms with Crippen molar-refractivity contribution in [2.45, 2.75) is 25.8 Å². The highest BCUT2D eigenvalue weighted by molar-refractivity contribution is 5.38. The fourth-order valence-corrected chi connectivity index (χ4v) is 1.08. The summed E-state index contributed by atoms with van der Waals surface area (Å²) in [6.45, 7) is 2.08. The highest BCUT2D eigenvalue weighted by Gasteiger charge is 2.03. The van der Waals surface area contributed by atoms with Crippen molar-refractivity contribution in [3.63, 3.8) is 0 Å². The summed E-state index contributed by atoms with van der Waals surface area (Å²) in [7, 11) is 0. The zero-order valence-corrected chi connectivity index (χ0v) is 8.20. The number of nitrogens with one attached hydrogen (secondary N) is 1. The summed E-state index contributed by atoms with van der Waals surface area (Å²) < 4.78 is 0. The monoisotopic (exact) mass is 190 g/mol. The van der Waals surface area contributed by atoms with Gasteiger partial charge < -0.3 is 11.1 Å². The molecule has 0 spiro atoms. The van der Waals surface area contributed by atoms with E-state index in [-0.39, 0.29) is 6.04 Å². The number of nitrogens with zero attached hydrogens (tertiary/aromatic N) is 2. The van der Waals surface area contributed by atoms with Crippen LogP contribution in [0.2, 0.25) is 0 Å². The van der Waals surface area contributed by atoms with E-state index in [0.29, 0.717) is 11.6 Å². The van der Waals surface area contributed by atoms with E-state index in [2.05, 4.69) is 28.1 Å². The standard InChI is InChI=1S/C10H14N4/c1-3-5-8(4-2)14-10-7-12-9(11)6-13-10/h2,6-8H,3,5H2,1H3,(H2,11,12)(H,13,14). The second-order valence-corrected chi connectivity index (χ2v) is 2.98. The lowest BCUT2D eigenvalue weighted by Crippen LogP contribution is -2.17. The molecule has 0 aromatic carbocycles. The van der Waals surface area contributed by atoms with Gasteiger partial charge in [-0.1, -0.05) is 19.3 Å². The second-order valence-electron chi connectivity index (χ2n) is 2.98. The smallest absolute Gasteiger partial charge is 0.145 e. The van der Waals surface area contributed by atoms with Crippen LogP contribution in [0.5, 0.6) is 0 Å². The molecule has 0 saturated carbocycles. The lowest BCUT2D eigenvalue weighted by atomic mass is 10.2. The van der Waals surface area contributed by atoms with Crippen LogP contribution in [-0.2, 0) is 0 Å². The Labute approximate surface area is 83.9 Å². The van der Waals surface area contributed by atoms with Crippen molar-refractivity contribution in [3.8, 4) is 12.3 Å². The minimum atomic E-state index is 0.0120. The zero-order valence-electron chi connectivity index (χ0n) is 8.20. The van der Waals surface area contributed by atoms with E-state index in [1.807, 2.05) is 0 Å². The molecule has 0 aliphatic carbocycles. The average molecular weight is 190 g/mol. The Balaban J connectivity index is 2.59. The van der Waals surface area contributed by atoms with Crippen LogP contribution in [0.25, 0.3) is 0 Å². The van der Waals surface area contributed by atoms with Gasteiger partial charge in [0.2, 0.25) is 0 Å². The first-order valence-electron chi connectivity index (χ1n) is 4.56. The van der Waals surface area contributed by atoms with E-state index < -0.39 is 0 Å². The third-order valence-corrected chi connectivity index (χ3v) is 1.77. The van der Waals surface area contributed by atoms with Crippen LogP contribution in [0.1, 0.15) is 19.8 Å². The van der Waals surface area contributed by atoms with Crippen molar-refractivity contribution in [1.82, 2.24) is 9.97 Å². The van der Waals surface area contributed by atoms with Gasteiger partial charge in [0.05, 0.1) is 18.4 Å². The Morgan fingerprint density at radius 3 is 2.86 bits per heavy atom. The summed E-state index contributed by atoms with van der Waals surface area (Å²) in [6.07, 6.45) is 10.4. The molecule has 4 heteroatoms. The van der Waals surface area contributed by atoms with Crippen molar-refractivity contribution in [3.05, 3.63) is 12.4 Å². The minimum absolute atomic E-state index is 0.0120. The van der Waals surface area contributed by atoms with Gasteiger partial charge in [0.1, 0.15) is 11.6 Å². The van der Waals surface area contributed by atoms with E-state index in [1.165, 1.54) is 6.20 Å². The van der Waals surface area contributed by atoms with Gasteiger partial charge in [0, 0.05) is 0 Å². The van der Waals surface area contributed by atoms with Crippen molar-refractivity contribution in [2.24, 2.45) is 0 Å². The average Bonchev–Trinajstić information content (AvgIpc) is 2.20. The number of rotatable bonds is 4. The number of terminal acetylenes is 1. The van der Waals surface area contributed by atoms with Crippen LogP contribution in [0.4, 0.5) is 11.6 Å². The summed E-state index contributed by atoms with van der Waals surface area (Å²) in [5, 5.41) is 3.09. The number of nitrogens with two attached hydrogens (primary N) is 1. The van der Waals surface area contributed by atoms with Gasteiger partial charge in [0.25, 0.3) is 0 Å². The Hall–Kier alpha value is -1.76. The highest BCUT2D eigenvalue weighted by Crippen LogP contribution is 2.06. The molecule has 0 aliphatic heterocycles. The first kappa shape index (κ1) is 10.3. The molecular formula is C10H14N4. The van der Waals surface area contributed by atoms with Gasteiger partial charge in [-0.3, -0.25) is 0 Å². The highest BCUT2D eigenvalue weighted by atomic mass is 15.0. The van der Waals surface area contributed by atoms with Crippen LogP contribution < -0.4 is 11.1 Å². The van der Waals surface area contributed by atoms with E-state index in [0.717, 1.165) is 12.8 Å². The van der Waals surface area contributed by atoms with Crippen molar-refractivity contribution in [1.29, 1.82) is 0 Å². The molecule has 1 rings (SSSR count). The molecule has 1 atom stereocenters. The predicted molar refractivity (Wildman–Crippen MR) is 57.6 cm³/mol. The van der Waals surface area contributed by atoms with Crippen LogP contribution in [0.15, 0.2) is 12.4 Å². The van der Waals surface area contributed by atoms with Gasteiger partial charge in [-0.05, 0) is 6.42 Å². The van der Waals surface area contributed by atoms with Crippen molar-refractivity contribution < 1.29 is 0 Å². The van der Waals surface area contributed by atoms with Gasteiger partial charge in [-0.15, -0.1) is 6.42 Å². The first-order valence-corrected chi connectivity index (χ1v) is 4.56. The number of hydrogen-bond acceptors (Lipinski definition) is 4. The third-order valence-electron chi connectivity index (χ3n) is 1.77. The molecule has 0 saturated heterocycles. The topological polar surface area (TPSA) is 63.8 Å². The maximum absolute atomic E-state index is 5.41. The number of nitrogen functional groups attached to an aromatic ring is 1. The maximum Gasteiger partial charge on any atom is 0.145 e. The minimum Gasteiger partial charge on any atom is -0.382 e. The summed E-state index contributed by atoms with van der Waals surface area (Å²) >= 11 is 0. The second kappa shape index (κ2) is 5.07. The third kappa shape index (κ3) is 2.94. The maximum atomic E-state index is 5.41. The molecule has 4 nitrogen and oxygen atoms in total. The van der Waals surface area contributed by atoms with Gasteiger partial charge >= 0.3 is 0 Å². The SMILES string of the molecule is C#CC(CCC)Nc1cnc(N)cn1.